The predicted octanol–water partition coefficient (Wildman–Crippen LogP) is 3.48. The van der Waals surface area contributed by atoms with Crippen LogP contribution in [-0.4, -0.2) is 19.4 Å². The highest BCUT2D eigenvalue weighted by molar-refractivity contribution is 7.92. The van der Waals surface area contributed by atoms with Crippen molar-refractivity contribution in [2.24, 2.45) is 0 Å². The molecular weight excluding hydrogens is 402 g/mol. The number of carbonyl (C=O) groups excluding carboxylic acids is 1. The van der Waals surface area contributed by atoms with Crippen LogP contribution in [0.3, 0.4) is 0 Å². The van der Waals surface area contributed by atoms with Crippen molar-refractivity contribution in [1.82, 2.24) is 10.3 Å². The number of carbonyl (C=O) groups is 1. The first kappa shape index (κ1) is 20.2. The maximum atomic E-state index is 13.2. The zero-order chi connectivity index (χ0) is 20.9. The topological polar surface area (TPSA) is 100 Å². The number of rotatable bonds is 6. The molecule has 3 N–H and O–H groups in total. The van der Waals surface area contributed by atoms with Crippen molar-refractivity contribution in [3.05, 3.63) is 84.2 Å². The fourth-order valence-corrected chi connectivity index (χ4v) is 3.44. The van der Waals surface area contributed by atoms with Crippen molar-refractivity contribution in [2.45, 2.75) is 11.4 Å². The zero-order valence-electron chi connectivity index (χ0n) is 14.9. The van der Waals surface area contributed by atoms with Crippen molar-refractivity contribution < 1.29 is 22.0 Å². The van der Waals surface area contributed by atoms with E-state index in [0.717, 1.165) is 17.7 Å². The summed E-state index contributed by atoms with van der Waals surface area (Å²) < 4.78 is 53.3. The minimum Gasteiger partial charge on any atom is -0.334 e. The molecule has 0 atom stereocenters. The molecule has 0 aliphatic rings. The van der Waals surface area contributed by atoms with E-state index in [1.807, 2.05) is 6.07 Å². The van der Waals surface area contributed by atoms with Crippen LogP contribution in [0.1, 0.15) is 5.56 Å². The standard InChI is InChI=1S/C19H16F2N4O3S/c20-14-8-15(21)10-17(9-14)25-29(27,28)18-5-3-16(4-6-18)24-19(26)23-12-13-2-1-7-22-11-13/h1-11,25H,12H2,(H2,23,24,26). The maximum Gasteiger partial charge on any atom is 0.319 e. The molecule has 7 nitrogen and oxygen atoms in total. The molecule has 150 valence electrons. The summed E-state index contributed by atoms with van der Waals surface area (Å²) in [6, 6.07) is 10.8. The van der Waals surface area contributed by atoms with Gasteiger partial charge >= 0.3 is 6.03 Å². The van der Waals surface area contributed by atoms with E-state index in [9.17, 15) is 22.0 Å². The Labute approximate surface area is 165 Å². The van der Waals surface area contributed by atoms with Crippen LogP contribution in [0.25, 0.3) is 0 Å². The van der Waals surface area contributed by atoms with Gasteiger partial charge in [0.1, 0.15) is 11.6 Å². The number of benzene rings is 2. The lowest BCUT2D eigenvalue weighted by Crippen LogP contribution is -2.28. The summed E-state index contributed by atoms with van der Waals surface area (Å²) in [5.74, 6) is -1.81. The first-order valence-electron chi connectivity index (χ1n) is 8.34. The molecule has 0 aliphatic carbocycles. The lowest BCUT2D eigenvalue weighted by molar-refractivity contribution is 0.251. The van der Waals surface area contributed by atoms with E-state index in [2.05, 4.69) is 20.3 Å². The van der Waals surface area contributed by atoms with Gasteiger partial charge in [-0.1, -0.05) is 6.07 Å². The van der Waals surface area contributed by atoms with Crippen molar-refractivity contribution in [1.29, 1.82) is 0 Å². The number of aromatic nitrogens is 1. The molecule has 0 saturated heterocycles. The zero-order valence-corrected chi connectivity index (χ0v) is 15.7. The Kier molecular flexibility index (Phi) is 6.03. The van der Waals surface area contributed by atoms with Gasteiger partial charge in [-0.25, -0.2) is 22.0 Å². The van der Waals surface area contributed by atoms with Crippen LogP contribution < -0.4 is 15.4 Å². The van der Waals surface area contributed by atoms with Crippen molar-refractivity contribution in [3.63, 3.8) is 0 Å². The Morgan fingerprint density at radius 1 is 0.966 bits per heavy atom. The number of anilines is 2. The van der Waals surface area contributed by atoms with Crippen LogP contribution in [0, 0.1) is 11.6 Å². The number of hydrogen-bond donors (Lipinski definition) is 3. The normalized spacial score (nSPS) is 11.0. The Balaban J connectivity index is 1.62. The average Bonchev–Trinajstić information content (AvgIpc) is 2.66. The summed E-state index contributed by atoms with van der Waals surface area (Å²) in [6.07, 6.45) is 3.25. The first-order chi connectivity index (χ1) is 13.8. The fourth-order valence-electron chi connectivity index (χ4n) is 2.40. The average molecular weight is 418 g/mol. The van der Waals surface area contributed by atoms with Gasteiger partial charge < -0.3 is 10.6 Å². The molecule has 1 aromatic heterocycles. The van der Waals surface area contributed by atoms with Gasteiger partial charge in [-0.2, -0.15) is 0 Å². The van der Waals surface area contributed by atoms with Gasteiger partial charge in [0.05, 0.1) is 10.6 Å². The summed E-state index contributed by atoms with van der Waals surface area (Å²) in [7, 11) is -4.06. The van der Waals surface area contributed by atoms with Gasteiger partial charge in [0.25, 0.3) is 10.0 Å². The van der Waals surface area contributed by atoms with E-state index in [0.29, 0.717) is 11.8 Å². The molecular formula is C19H16F2N4O3S. The highest BCUT2D eigenvalue weighted by atomic mass is 32.2. The quantitative estimate of drug-likeness (QED) is 0.571. The SMILES string of the molecule is O=C(NCc1cccnc1)Nc1ccc(S(=O)(=O)Nc2cc(F)cc(F)c2)cc1. The Morgan fingerprint density at radius 2 is 1.66 bits per heavy atom. The largest absolute Gasteiger partial charge is 0.334 e. The van der Waals surface area contributed by atoms with E-state index in [1.54, 1.807) is 18.5 Å². The van der Waals surface area contributed by atoms with Gasteiger partial charge in [-0.15, -0.1) is 0 Å². The lowest BCUT2D eigenvalue weighted by Gasteiger charge is -2.10. The number of hydrogen-bond acceptors (Lipinski definition) is 4. The fraction of sp³-hybridized carbons (Fsp3) is 0.0526. The molecule has 29 heavy (non-hydrogen) atoms. The highest BCUT2D eigenvalue weighted by Crippen LogP contribution is 2.20. The molecule has 0 spiro atoms. The second kappa shape index (κ2) is 8.65. The summed E-state index contributed by atoms with van der Waals surface area (Å²) in [5, 5.41) is 5.21. The summed E-state index contributed by atoms with van der Waals surface area (Å²) in [6.45, 7) is 0.278. The smallest absolute Gasteiger partial charge is 0.319 e. The molecule has 3 rings (SSSR count). The third-order valence-corrected chi connectivity index (χ3v) is 5.11. The van der Waals surface area contributed by atoms with Gasteiger partial charge in [0.15, 0.2) is 0 Å². The van der Waals surface area contributed by atoms with Gasteiger partial charge in [0, 0.05) is 30.7 Å². The van der Waals surface area contributed by atoms with Crippen LogP contribution in [0.2, 0.25) is 0 Å². The number of nitrogens with zero attached hydrogens (tertiary/aromatic N) is 1. The van der Waals surface area contributed by atoms with Crippen LogP contribution >= 0.6 is 0 Å². The molecule has 0 aliphatic heterocycles. The summed E-state index contributed by atoms with van der Waals surface area (Å²) >= 11 is 0. The van der Waals surface area contributed by atoms with E-state index in [4.69, 9.17) is 0 Å². The second-order valence-electron chi connectivity index (χ2n) is 5.96. The molecule has 0 saturated carbocycles. The van der Waals surface area contributed by atoms with Gasteiger partial charge in [-0.05, 0) is 48.0 Å². The molecule has 0 bridgehead atoms. The Morgan fingerprint density at radius 3 is 2.28 bits per heavy atom. The number of nitrogens with one attached hydrogen (secondary N) is 3. The second-order valence-corrected chi connectivity index (χ2v) is 7.64. The molecule has 10 heteroatoms. The van der Waals surface area contributed by atoms with E-state index >= 15 is 0 Å². The summed E-state index contributed by atoms with van der Waals surface area (Å²) in [4.78, 5) is 15.7. The minimum atomic E-state index is -4.06. The van der Waals surface area contributed by atoms with Crippen molar-refractivity contribution in [3.8, 4) is 0 Å². The van der Waals surface area contributed by atoms with E-state index in [-0.39, 0.29) is 17.1 Å². The van der Waals surface area contributed by atoms with E-state index in [1.165, 1.54) is 24.3 Å². The first-order valence-corrected chi connectivity index (χ1v) is 9.83. The number of sulfonamides is 1. The molecule has 2 aromatic carbocycles. The number of pyridine rings is 1. The monoisotopic (exact) mass is 418 g/mol. The van der Waals surface area contributed by atoms with Gasteiger partial charge in [-0.3, -0.25) is 9.71 Å². The molecule has 2 amide bonds. The van der Waals surface area contributed by atoms with Crippen LogP contribution in [0.5, 0.6) is 0 Å². The number of amides is 2. The van der Waals surface area contributed by atoms with Crippen LogP contribution in [-0.2, 0) is 16.6 Å². The minimum absolute atomic E-state index is 0.136. The van der Waals surface area contributed by atoms with Crippen LogP contribution in [0.4, 0.5) is 25.0 Å². The third kappa shape index (κ3) is 5.72. The molecule has 0 radical (unpaired) electrons. The van der Waals surface area contributed by atoms with E-state index < -0.39 is 27.7 Å². The highest BCUT2D eigenvalue weighted by Gasteiger charge is 2.15. The van der Waals surface area contributed by atoms with Gasteiger partial charge in [0.2, 0.25) is 0 Å². The molecule has 1 heterocycles. The summed E-state index contributed by atoms with van der Waals surface area (Å²) in [5.41, 5.74) is 0.952. The predicted molar refractivity (Wildman–Crippen MR) is 104 cm³/mol. The molecule has 0 unspecified atom stereocenters. The van der Waals surface area contributed by atoms with Crippen LogP contribution in [0.15, 0.2) is 71.9 Å². The Hall–Kier alpha value is -3.53. The Bertz CT molecular complexity index is 1090. The molecule has 3 aromatic rings. The third-order valence-electron chi connectivity index (χ3n) is 3.71. The lowest BCUT2D eigenvalue weighted by atomic mass is 10.3. The van der Waals surface area contributed by atoms with Crippen molar-refractivity contribution in [2.75, 3.05) is 10.0 Å². The van der Waals surface area contributed by atoms with Crippen molar-refractivity contribution >= 4 is 27.4 Å². The molecule has 0 fully saturated rings. The maximum absolute atomic E-state index is 13.2. The number of urea groups is 1. The number of halogens is 2.